The van der Waals surface area contributed by atoms with Gasteiger partial charge in [-0.05, 0) is 31.2 Å². The molecule has 1 aliphatic rings. The lowest BCUT2D eigenvalue weighted by Crippen LogP contribution is -2.33. The van der Waals surface area contributed by atoms with Crippen LogP contribution in [0.3, 0.4) is 0 Å². The van der Waals surface area contributed by atoms with Crippen molar-refractivity contribution in [2.24, 2.45) is 0 Å². The van der Waals surface area contributed by atoms with Crippen LogP contribution in [0.2, 0.25) is 0 Å². The molecule has 0 fully saturated rings. The molecule has 0 radical (unpaired) electrons. The predicted molar refractivity (Wildman–Crippen MR) is 54.4 cm³/mol. The number of aldehydes is 1. The first-order valence-corrected chi connectivity index (χ1v) is 5.27. The Morgan fingerprint density at radius 1 is 1.57 bits per heavy atom. The fourth-order valence-electron chi connectivity index (χ4n) is 2.23. The zero-order valence-corrected chi connectivity index (χ0v) is 8.79. The summed E-state index contributed by atoms with van der Waals surface area (Å²) in [6, 6.07) is 0. The zero-order valence-electron chi connectivity index (χ0n) is 8.79. The molecule has 0 saturated carbocycles. The second-order valence-corrected chi connectivity index (χ2v) is 4.04. The summed E-state index contributed by atoms with van der Waals surface area (Å²) in [5.41, 5.74) is 3.53. The number of pyridine rings is 1. The van der Waals surface area contributed by atoms with E-state index in [2.05, 4.69) is 24.6 Å². The highest BCUT2D eigenvalue weighted by molar-refractivity contribution is 5.77. The number of nitrogens with zero attached hydrogens (tertiary/aromatic N) is 1. The summed E-state index contributed by atoms with van der Waals surface area (Å²) in [6.45, 7) is 5.27. The van der Waals surface area contributed by atoms with Gasteiger partial charge in [0.15, 0.2) is 18.7 Å². The average molecular weight is 190 g/mol. The van der Waals surface area contributed by atoms with Gasteiger partial charge in [0.2, 0.25) is 0 Å². The van der Waals surface area contributed by atoms with Crippen molar-refractivity contribution in [3.05, 3.63) is 29.1 Å². The zero-order chi connectivity index (χ0) is 10.1. The Hall–Kier alpha value is -1.18. The number of hydrogen-bond acceptors (Lipinski definition) is 1. The van der Waals surface area contributed by atoms with Crippen LogP contribution in [0.4, 0.5) is 0 Å². The quantitative estimate of drug-likeness (QED) is 0.515. The van der Waals surface area contributed by atoms with Crippen LogP contribution >= 0.6 is 0 Å². The fraction of sp³-hybridized carbons (Fsp3) is 0.500. The van der Waals surface area contributed by atoms with Crippen molar-refractivity contribution in [3.63, 3.8) is 0 Å². The number of aryl methyl sites for hydroxylation is 1. The summed E-state index contributed by atoms with van der Waals surface area (Å²) >= 11 is 0. The van der Waals surface area contributed by atoms with Gasteiger partial charge >= 0.3 is 0 Å². The van der Waals surface area contributed by atoms with Gasteiger partial charge in [-0.15, -0.1) is 0 Å². The van der Waals surface area contributed by atoms with Gasteiger partial charge in [-0.3, -0.25) is 4.79 Å². The van der Waals surface area contributed by atoms with Gasteiger partial charge in [0.25, 0.3) is 0 Å². The van der Waals surface area contributed by atoms with Crippen LogP contribution in [0.15, 0.2) is 12.4 Å². The van der Waals surface area contributed by atoms with Crippen molar-refractivity contribution in [1.29, 1.82) is 0 Å². The predicted octanol–water partition coefficient (Wildman–Crippen LogP) is 1.86. The fourth-order valence-corrected chi connectivity index (χ4v) is 2.23. The molecule has 0 amide bonds. The topological polar surface area (TPSA) is 20.9 Å². The first-order valence-electron chi connectivity index (χ1n) is 5.27. The molecular formula is C12H16NO+. The van der Waals surface area contributed by atoms with Gasteiger partial charge < -0.3 is 0 Å². The molecule has 1 aromatic rings. The summed E-state index contributed by atoms with van der Waals surface area (Å²) in [5, 5.41) is 0. The number of hydrogen-bond donors (Lipinski definition) is 0. The molecule has 0 spiro atoms. The van der Waals surface area contributed by atoms with Crippen LogP contribution < -0.4 is 4.57 Å². The van der Waals surface area contributed by atoms with Crippen LogP contribution in [0.1, 0.15) is 47.7 Å². The molecule has 1 heterocycles. The van der Waals surface area contributed by atoms with Crippen LogP contribution in [0.25, 0.3) is 0 Å². The van der Waals surface area contributed by atoms with Crippen LogP contribution in [0.5, 0.6) is 0 Å². The van der Waals surface area contributed by atoms with Crippen molar-refractivity contribution in [2.75, 3.05) is 0 Å². The summed E-state index contributed by atoms with van der Waals surface area (Å²) in [7, 11) is 0. The van der Waals surface area contributed by atoms with E-state index in [1.165, 1.54) is 17.5 Å². The van der Waals surface area contributed by atoms with Crippen LogP contribution in [-0.4, -0.2) is 6.29 Å². The third kappa shape index (κ3) is 1.35. The molecule has 1 aliphatic carbocycles. The first-order chi connectivity index (χ1) is 6.76. The maximum Gasteiger partial charge on any atom is 0.179 e. The lowest BCUT2D eigenvalue weighted by atomic mass is 10.0. The maximum absolute atomic E-state index is 10.9. The van der Waals surface area contributed by atoms with E-state index in [0.717, 1.165) is 24.8 Å². The van der Waals surface area contributed by atoms with Gasteiger partial charge in [0.05, 0.1) is 5.56 Å². The molecule has 2 rings (SSSR count). The van der Waals surface area contributed by atoms with Gasteiger partial charge in [-0.25, -0.2) is 4.57 Å². The minimum absolute atomic E-state index is 0.614. The molecule has 1 aromatic heterocycles. The number of rotatable bonds is 2. The Morgan fingerprint density at radius 3 is 3.00 bits per heavy atom. The number of carbonyl (C=O) groups excluding carboxylic acids is 1. The van der Waals surface area contributed by atoms with Crippen LogP contribution in [-0.2, 0) is 13.0 Å². The SMILES string of the molecule is CC[n+]1cc(C=O)c2c(c1)[C@H](C)CC2. The Kier molecular flexibility index (Phi) is 2.36. The summed E-state index contributed by atoms with van der Waals surface area (Å²) < 4.78 is 2.10. The molecule has 74 valence electrons. The summed E-state index contributed by atoms with van der Waals surface area (Å²) in [6.07, 6.45) is 7.39. The Morgan fingerprint density at radius 2 is 2.36 bits per heavy atom. The molecule has 0 unspecified atom stereocenters. The van der Waals surface area contributed by atoms with E-state index in [-0.39, 0.29) is 0 Å². The highest BCUT2D eigenvalue weighted by Crippen LogP contribution is 2.32. The molecule has 0 N–H and O–H groups in total. The second kappa shape index (κ2) is 3.52. The van der Waals surface area contributed by atoms with Crippen molar-refractivity contribution in [2.45, 2.75) is 39.2 Å². The van der Waals surface area contributed by atoms with Gasteiger partial charge in [-0.2, -0.15) is 0 Å². The lowest BCUT2D eigenvalue weighted by molar-refractivity contribution is -0.694. The Bertz CT molecular complexity index is 371. The van der Waals surface area contributed by atoms with E-state index in [9.17, 15) is 4.79 Å². The Balaban J connectivity index is 2.58. The van der Waals surface area contributed by atoms with Crippen molar-refractivity contribution >= 4 is 6.29 Å². The maximum atomic E-state index is 10.9. The van der Waals surface area contributed by atoms with Gasteiger partial charge in [-0.1, -0.05) is 6.92 Å². The third-order valence-corrected chi connectivity index (χ3v) is 3.16. The minimum atomic E-state index is 0.614. The van der Waals surface area contributed by atoms with Crippen molar-refractivity contribution in [3.8, 4) is 0 Å². The van der Waals surface area contributed by atoms with E-state index < -0.39 is 0 Å². The van der Waals surface area contributed by atoms with E-state index >= 15 is 0 Å². The minimum Gasteiger partial charge on any atom is -0.298 e. The number of carbonyl (C=O) groups is 1. The molecule has 0 saturated heterocycles. The standard InChI is InChI=1S/C12H16NO/c1-3-13-6-10(8-14)11-5-4-9(2)12(11)7-13/h6-9H,3-5H2,1-2H3/q+1/t9-/m1/s1. The second-order valence-electron chi connectivity index (χ2n) is 4.04. The summed E-state index contributed by atoms with van der Waals surface area (Å²) in [4.78, 5) is 10.9. The normalized spacial score (nSPS) is 19.4. The van der Waals surface area contributed by atoms with E-state index in [1.54, 1.807) is 0 Å². The lowest BCUT2D eigenvalue weighted by Gasteiger charge is -2.04. The average Bonchev–Trinajstić information content (AvgIpc) is 2.59. The molecule has 0 bridgehead atoms. The molecular weight excluding hydrogens is 174 g/mol. The van der Waals surface area contributed by atoms with Gasteiger partial charge in [0, 0.05) is 5.56 Å². The third-order valence-electron chi connectivity index (χ3n) is 3.16. The largest absolute Gasteiger partial charge is 0.298 e. The van der Waals surface area contributed by atoms with E-state index in [4.69, 9.17) is 0 Å². The highest BCUT2D eigenvalue weighted by atomic mass is 16.1. The Labute approximate surface area is 84.6 Å². The molecule has 2 nitrogen and oxygen atoms in total. The highest BCUT2D eigenvalue weighted by Gasteiger charge is 2.25. The smallest absolute Gasteiger partial charge is 0.179 e. The monoisotopic (exact) mass is 190 g/mol. The number of aromatic nitrogens is 1. The molecule has 1 atom stereocenters. The first kappa shape index (κ1) is 9.38. The molecule has 2 heteroatoms. The van der Waals surface area contributed by atoms with Crippen molar-refractivity contribution in [1.82, 2.24) is 0 Å². The number of fused-ring (bicyclic) bond motifs is 1. The van der Waals surface area contributed by atoms with Crippen LogP contribution in [0, 0.1) is 0 Å². The van der Waals surface area contributed by atoms with Gasteiger partial charge in [0.1, 0.15) is 6.54 Å². The molecule has 14 heavy (non-hydrogen) atoms. The van der Waals surface area contributed by atoms with Crippen molar-refractivity contribution < 1.29 is 9.36 Å². The molecule has 0 aromatic carbocycles. The van der Waals surface area contributed by atoms with E-state index in [1.807, 2.05) is 6.20 Å². The summed E-state index contributed by atoms with van der Waals surface area (Å²) in [5.74, 6) is 0.614. The van der Waals surface area contributed by atoms with E-state index in [0.29, 0.717) is 5.92 Å². The molecule has 0 aliphatic heterocycles.